The third kappa shape index (κ3) is 2.77. The van der Waals surface area contributed by atoms with Crippen LogP contribution in [-0.4, -0.2) is 19.7 Å². The van der Waals surface area contributed by atoms with Crippen molar-refractivity contribution in [1.82, 2.24) is 19.7 Å². The van der Waals surface area contributed by atoms with E-state index in [2.05, 4.69) is 15.1 Å². The van der Waals surface area contributed by atoms with E-state index in [4.69, 9.17) is 23.2 Å². The molecule has 0 N–H and O–H groups in total. The zero-order valence-corrected chi connectivity index (χ0v) is 10.7. The van der Waals surface area contributed by atoms with E-state index in [0.29, 0.717) is 10.1 Å². The van der Waals surface area contributed by atoms with Gasteiger partial charge in [0, 0.05) is 12.4 Å². The first kappa shape index (κ1) is 12.3. The molecule has 0 aliphatic rings. The Morgan fingerprint density at radius 2 is 2.06 bits per heavy atom. The van der Waals surface area contributed by atoms with Gasteiger partial charge < -0.3 is 0 Å². The summed E-state index contributed by atoms with van der Waals surface area (Å²) in [4.78, 5) is 20.2. The zero-order chi connectivity index (χ0) is 12.3. The van der Waals surface area contributed by atoms with Crippen LogP contribution in [0.1, 0.15) is 0 Å². The first-order valence-corrected chi connectivity index (χ1v) is 6.21. The van der Waals surface area contributed by atoms with Crippen LogP contribution in [0.2, 0.25) is 5.02 Å². The molecule has 0 fully saturated rings. The number of halogens is 2. The van der Waals surface area contributed by atoms with Crippen molar-refractivity contribution in [2.45, 2.75) is 16.1 Å². The molecule has 0 atom stereocenters. The molecular formula is C9H6Cl2N4OS. The van der Waals surface area contributed by atoms with Gasteiger partial charge >= 0.3 is 0 Å². The fourth-order valence-corrected chi connectivity index (χ4v) is 2.18. The molecule has 0 aromatic carbocycles. The first-order valence-electron chi connectivity index (χ1n) is 4.49. The quantitative estimate of drug-likeness (QED) is 0.639. The van der Waals surface area contributed by atoms with Crippen molar-refractivity contribution >= 4 is 35.0 Å². The summed E-state index contributed by atoms with van der Waals surface area (Å²) in [5, 5.41) is 4.43. The average molecular weight is 289 g/mol. The molecule has 0 radical (unpaired) electrons. The summed E-state index contributed by atoms with van der Waals surface area (Å²) >= 11 is 12.6. The van der Waals surface area contributed by atoms with Crippen LogP contribution in [0.15, 0.2) is 39.5 Å². The molecule has 0 amide bonds. The minimum Gasteiger partial charge on any atom is -0.266 e. The topological polar surface area (TPSA) is 60.7 Å². The van der Waals surface area contributed by atoms with Gasteiger partial charge in [0.05, 0.1) is 11.1 Å². The summed E-state index contributed by atoms with van der Waals surface area (Å²) in [6.07, 6.45) is 4.68. The van der Waals surface area contributed by atoms with Crippen molar-refractivity contribution in [3.05, 3.63) is 40.0 Å². The van der Waals surface area contributed by atoms with Crippen molar-refractivity contribution in [2.75, 3.05) is 0 Å². The Bertz CT molecular complexity index is 575. The van der Waals surface area contributed by atoms with Crippen molar-refractivity contribution in [3.8, 4) is 0 Å². The van der Waals surface area contributed by atoms with Crippen LogP contribution in [0.25, 0.3) is 0 Å². The summed E-state index contributed by atoms with van der Waals surface area (Å²) in [5.74, 6) is 0. The fraction of sp³-hybridized carbons (Fsp3) is 0.111. The predicted molar refractivity (Wildman–Crippen MR) is 65.5 cm³/mol. The summed E-state index contributed by atoms with van der Waals surface area (Å²) in [6, 6.07) is 1.67. The molecule has 0 bridgehead atoms. The fourth-order valence-electron chi connectivity index (χ4n) is 1.04. The van der Waals surface area contributed by atoms with Crippen LogP contribution in [0.3, 0.4) is 0 Å². The molecule has 5 nitrogen and oxygen atoms in total. The van der Waals surface area contributed by atoms with Gasteiger partial charge in [-0.3, -0.25) is 4.79 Å². The maximum atomic E-state index is 11.6. The smallest absolute Gasteiger partial charge is 0.266 e. The Balaban J connectivity index is 2.35. The first-order chi connectivity index (χ1) is 8.22. The second kappa shape index (κ2) is 5.48. The summed E-state index contributed by atoms with van der Waals surface area (Å²) in [7, 11) is 0. The van der Waals surface area contributed by atoms with Gasteiger partial charge in [-0.1, -0.05) is 11.6 Å². The van der Waals surface area contributed by atoms with E-state index in [9.17, 15) is 4.79 Å². The minimum absolute atomic E-state index is 0.0364. The van der Waals surface area contributed by atoms with Crippen molar-refractivity contribution in [1.29, 1.82) is 0 Å². The molecular weight excluding hydrogens is 283 g/mol. The Morgan fingerprint density at radius 1 is 1.35 bits per heavy atom. The van der Waals surface area contributed by atoms with Gasteiger partial charge in [-0.15, -0.1) is 11.6 Å². The van der Waals surface area contributed by atoms with Crippen molar-refractivity contribution in [2.24, 2.45) is 0 Å². The number of alkyl halides is 1. The number of hydrogen-bond donors (Lipinski definition) is 0. The second-order valence-corrected chi connectivity index (χ2v) is 4.51. The number of hydrogen-bond acceptors (Lipinski definition) is 5. The van der Waals surface area contributed by atoms with E-state index in [1.165, 1.54) is 18.0 Å². The third-order valence-electron chi connectivity index (χ3n) is 1.81. The van der Waals surface area contributed by atoms with Crippen LogP contribution in [-0.2, 0) is 6.00 Å². The van der Waals surface area contributed by atoms with E-state index in [1.54, 1.807) is 18.5 Å². The third-order valence-corrected chi connectivity index (χ3v) is 3.44. The number of aromatic nitrogens is 4. The van der Waals surface area contributed by atoms with Crippen molar-refractivity contribution < 1.29 is 0 Å². The van der Waals surface area contributed by atoms with Gasteiger partial charge in [0.2, 0.25) is 0 Å². The molecule has 2 aromatic rings. The zero-order valence-electron chi connectivity index (χ0n) is 8.38. The average Bonchev–Trinajstić information content (AvgIpc) is 2.37. The molecule has 8 heteroatoms. The van der Waals surface area contributed by atoms with Crippen molar-refractivity contribution in [3.63, 3.8) is 0 Å². The van der Waals surface area contributed by atoms with Gasteiger partial charge in [0.25, 0.3) is 5.56 Å². The Hall–Kier alpha value is -1.11. The monoisotopic (exact) mass is 288 g/mol. The largest absolute Gasteiger partial charge is 0.287 e. The number of rotatable bonds is 3. The molecule has 0 saturated heterocycles. The summed E-state index contributed by atoms with van der Waals surface area (Å²) in [6.45, 7) is 0. The van der Waals surface area contributed by atoms with Crippen LogP contribution < -0.4 is 5.56 Å². The van der Waals surface area contributed by atoms with Crippen LogP contribution in [0, 0.1) is 0 Å². The van der Waals surface area contributed by atoms with Gasteiger partial charge in [0.15, 0.2) is 5.16 Å². The maximum absolute atomic E-state index is 11.6. The highest BCUT2D eigenvalue weighted by Gasteiger charge is 2.11. The molecule has 2 heterocycles. The van der Waals surface area contributed by atoms with Gasteiger partial charge in [-0.05, 0) is 17.8 Å². The molecule has 0 unspecified atom stereocenters. The Morgan fingerprint density at radius 3 is 2.71 bits per heavy atom. The molecule has 88 valence electrons. The van der Waals surface area contributed by atoms with Gasteiger partial charge in [-0.2, -0.15) is 5.10 Å². The van der Waals surface area contributed by atoms with E-state index in [0.717, 1.165) is 4.68 Å². The molecule has 17 heavy (non-hydrogen) atoms. The minimum atomic E-state index is -0.428. The molecule has 0 saturated carbocycles. The lowest BCUT2D eigenvalue weighted by Gasteiger charge is -2.04. The van der Waals surface area contributed by atoms with Gasteiger partial charge in [-0.25, -0.2) is 14.6 Å². The maximum Gasteiger partial charge on any atom is 0.287 e. The Labute approximate surface area is 111 Å². The lowest BCUT2D eigenvalue weighted by molar-refractivity contribution is 0.677. The van der Waals surface area contributed by atoms with Crippen LogP contribution in [0.4, 0.5) is 0 Å². The molecule has 0 aliphatic heterocycles. The molecule has 0 aliphatic carbocycles. The highest BCUT2D eigenvalue weighted by Crippen LogP contribution is 2.27. The Kier molecular flexibility index (Phi) is 3.98. The lowest BCUT2D eigenvalue weighted by atomic mass is 10.6. The van der Waals surface area contributed by atoms with Crippen LogP contribution >= 0.6 is 35.0 Å². The van der Waals surface area contributed by atoms with E-state index in [-0.39, 0.29) is 11.0 Å². The lowest BCUT2D eigenvalue weighted by Crippen LogP contribution is -2.21. The van der Waals surface area contributed by atoms with Crippen LogP contribution in [0.5, 0.6) is 0 Å². The molecule has 0 spiro atoms. The molecule has 2 aromatic heterocycles. The molecule has 2 rings (SSSR count). The number of nitrogens with zero attached hydrogens (tertiary/aromatic N) is 4. The highest BCUT2D eigenvalue weighted by atomic mass is 35.5. The SMILES string of the molecule is O=c1c(Cl)c(Sc2ncccn2)cnn1CCl. The van der Waals surface area contributed by atoms with E-state index >= 15 is 0 Å². The second-order valence-electron chi connectivity index (χ2n) is 2.88. The van der Waals surface area contributed by atoms with E-state index < -0.39 is 5.56 Å². The summed E-state index contributed by atoms with van der Waals surface area (Å²) in [5.41, 5.74) is -0.428. The highest BCUT2D eigenvalue weighted by molar-refractivity contribution is 7.99. The normalized spacial score (nSPS) is 10.5. The predicted octanol–water partition coefficient (Wildman–Crippen LogP) is 2.03. The van der Waals surface area contributed by atoms with Gasteiger partial charge in [0.1, 0.15) is 11.0 Å². The standard InChI is InChI=1S/C9H6Cl2N4OS/c10-5-15-8(16)7(11)6(4-14-15)17-9-12-2-1-3-13-9/h1-4H,5H2. The summed E-state index contributed by atoms with van der Waals surface area (Å²) < 4.78 is 1.07. The van der Waals surface area contributed by atoms with E-state index in [1.807, 2.05) is 0 Å².